The van der Waals surface area contributed by atoms with E-state index < -0.39 is 0 Å². The molecule has 0 aliphatic rings. The number of pyridine rings is 2. The van der Waals surface area contributed by atoms with Gasteiger partial charge in [-0.15, -0.1) is 0 Å². The van der Waals surface area contributed by atoms with Gasteiger partial charge < -0.3 is 0 Å². The molecule has 2 heteroatoms. The van der Waals surface area contributed by atoms with Crippen LogP contribution in [0.3, 0.4) is 0 Å². The van der Waals surface area contributed by atoms with E-state index in [9.17, 15) is 0 Å². The average Bonchev–Trinajstić information content (AvgIpc) is 2.66. The van der Waals surface area contributed by atoms with E-state index in [-0.39, 0.29) is 10.8 Å². The number of fused-ring (bicyclic) bond motifs is 2. The largest absolute Gasteiger partial charge is 0.256 e. The van der Waals surface area contributed by atoms with Gasteiger partial charge >= 0.3 is 0 Å². The predicted octanol–water partition coefficient (Wildman–Crippen LogP) is 7.06. The molecule has 0 amide bonds. The van der Waals surface area contributed by atoms with Gasteiger partial charge in [0.25, 0.3) is 0 Å². The highest BCUT2D eigenvalue weighted by molar-refractivity contribution is 5.82. The number of hydrogen-bond acceptors (Lipinski definition) is 2. The van der Waals surface area contributed by atoms with Crippen LogP contribution in [0.5, 0.6) is 0 Å². The molecule has 2 aromatic carbocycles. The maximum atomic E-state index is 4.45. The van der Waals surface area contributed by atoms with E-state index in [1.54, 1.807) is 0 Å². The van der Waals surface area contributed by atoms with E-state index in [4.69, 9.17) is 0 Å². The summed E-state index contributed by atoms with van der Waals surface area (Å²) >= 11 is 0. The van der Waals surface area contributed by atoms with Crippen LogP contribution < -0.4 is 0 Å². The second-order valence-electron chi connectivity index (χ2n) is 9.30. The molecule has 2 nitrogen and oxygen atoms in total. The lowest BCUT2D eigenvalue weighted by Crippen LogP contribution is -2.11. The van der Waals surface area contributed by atoms with Gasteiger partial charge in [-0.3, -0.25) is 9.97 Å². The highest BCUT2D eigenvalue weighted by Gasteiger charge is 2.16. The molecule has 144 valence electrons. The minimum Gasteiger partial charge on any atom is -0.256 e. The van der Waals surface area contributed by atoms with Crippen LogP contribution in [-0.4, -0.2) is 9.97 Å². The summed E-state index contributed by atoms with van der Waals surface area (Å²) < 4.78 is 0. The molecule has 0 radical (unpaired) electrons. The van der Waals surface area contributed by atoms with Crippen molar-refractivity contribution in [2.24, 2.45) is 0 Å². The molecule has 4 rings (SSSR count). The molecule has 2 aromatic heterocycles. The van der Waals surface area contributed by atoms with E-state index in [1.807, 2.05) is 30.6 Å². The number of rotatable bonds is 0. The van der Waals surface area contributed by atoms with E-state index >= 15 is 0 Å². The summed E-state index contributed by atoms with van der Waals surface area (Å²) in [6, 6.07) is 20.9. The topological polar surface area (TPSA) is 25.8 Å². The Kier molecular flexibility index (Phi) is 5.51. The zero-order valence-corrected chi connectivity index (χ0v) is 17.8. The molecule has 2 heterocycles. The van der Waals surface area contributed by atoms with Crippen molar-refractivity contribution in [3.05, 3.63) is 84.2 Å². The molecule has 28 heavy (non-hydrogen) atoms. The Balaban J connectivity index is 0.000000161. The van der Waals surface area contributed by atoms with Gasteiger partial charge in [0.15, 0.2) is 0 Å². The van der Waals surface area contributed by atoms with Crippen LogP contribution in [0, 0.1) is 0 Å². The molecular formula is C26H30N2. The predicted molar refractivity (Wildman–Crippen MR) is 121 cm³/mol. The van der Waals surface area contributed by atoms with Gasteiger partial charge in [0.1, 0.15) is 0 Å². The smallest absolute Gasteiger partial charge is 0.0739 e. The van der Waals surface area contributed by atoms with Gasteiger partial charge in [0.2, 0.25) is 0 Å². The Morgan fingerprint density at radius 3 is 2.04 bits per heavy atom. The summed E-state index contributed by atoms with van der Waals surface area (Å²) in [7, 11) is 0. The van der Waals surface area contributed by atoms with E-state index in [0.717, 1.165) is 11.0 Å². The van der Waals surface area contributed by atoms with Gasteiger partial charge in [-0.25, -0.2) is 0 Å². The van der Waals surface area contributed by atoms with E-state index in [0.29, 0.717) is 0 Å². The summed E-state index contributed by atoms with van der Waals surface area (Å²) in [5.74, 6) is 0. The molecule has 0 saturated heterocycles. The number of benzene rings is 2. The van der Waals surface area contributed by atoms with Crippen LogP contribution in [0.1, 0.15) is 52.7 Å². The standard InChI is InChI=1S/2C13H15N/c1-13(2,3)11-8-4-6-10-7-5-9-14-12(10)11;1-13(2,3)11-8-10-6-4-5-7-12(10)14-9-11/h2*4-9H,1-3H3. The Bertz CT molecular complexity index is 1070. The highest BCUT2D eigenvalue weighted by atomic mass is 14.7. The monoisotopic (exact) mass is 370 g/mol. The Labute approximate surface area is 168 Å². The van der Waals surface area contributed by atoms with Crippen molar-refractivity contribution < 1.29 is 0 Å². The van der Waals surface area contributed by atoms with Crippen LogP contribution in [0.25, 0.3) is 21.8 Å². The lowest BCUT2D eigenvalue weighted by molar-refractivity contribution is 0.589. The molecule has 0 saturated carbocycles. The molecule has 0 bridgehead atoms. The summed E-state index contributed by atoms with van der Waals surface area (Å²) in [5.41, 5.74) is 5.14. The highest BCUT2D eigenvalue weighted by Crippen LogP contribution is 2.28. The third-order valence-electron chi connectivity index (χ3n) is 4.90. The van der Waals surface area contributed by atoms with Gasteiger partial charge in [0.05, 0.1) is 11.0 Å². The van der Waals surface area contributed by atoms with Crippen molar-refractivity contribution >= 4 is 21.8 Å². The van der Waals surface area contributed by atoms with E-state index in [1.165, 1.54) is 21.9 Å². The first-order chi connectivity index (χ1) is 13.2. The fraction of sp³-hybridized carbons (Fsp3) is 0.308. The molecule has 0 unspecified atom stereocenters. The SMILES string of the molecule is CC(C)(C)c1cccc2cccnc12.CC(C)(C)c1cnc2ccccc2c1. The Hall–Kier alpha value is -2.74. The Morgan fingerprint density at radius 1 is 0.643 bits per heavy atom. The zero-order valence-electron chi connectivity index (χ0n) is 17.8. The number of hydrogen-bond donors (Lipinski definition) is 0. The minimum absolute atomic E-state index is 0.161. The van der Waals surface area contributed by atoms with Crippen molar-refractivity contribution in [1.82, 2.24) is 9.97 Å². The lowest BCUT2D eigenvalue weighted by atomic mass is 9.85. The molecular weight excluding hydrogens is 340 g/mol. The van der Waals surface area contributed by atoms with Crippen molar-refractivity contribution in [3.63, 3.8) is 0 Å². The van der Waals surface area contributed by atoms with Crippen LogP contribution in [0.2, 0.25) is 0 Å². The van der Waals surface area contributed by atoms with Crippen molar-refractivity contribution in [2.75, 3.05) is 0 Å². The van der Waals surface area contributed by atoms with Crippen LogP contribution >= 0.6 is 0 Å². The fourth-order valence-electron chi connectivity index (χ4n) is 3.19. The Morgan fingerprint density at radius 2 is 1.32 bits per heavy atom. The molecule has 0 aliphatic carbocycles. The van der Waals surface area contributed by atoms with Crippen molar-refractivity contribution in [1.29, 1.82) is 0 Å². The lowest BCUT2D eigenvalue weighted by Gasteiger charge is -2.20. The second kappa shape index (κ2) is 7.71. The van der Waals surface area contributed by atoms with Crippen molar-refractivity contribution in [2.45, 2.75) is 52.4 Å². The van der Waals surface area contributed by atoms with Gasteiger partial charge in [-0.1, -0.05) is 84.0 Å². The summed E-state index contributed by atoms with van der Waals surface area (Å²) in [5, 5.41) is 2.44. The van der Waals surface area contributed by atoms with Crippen molar-refractivity contribution in [3.8, 4) is 0 Å². The third-order valence-corrected chi connectivity index (χ3v) is 4.90. The number of para-hydroxylation sites is 2. The molecule has 0 aliphatic heterocycles. The number of aromatic nitrogens is 2. The second-order valence-corrected chi connectivity index (χ2v) is 9.30. The van der Waals surface area contributed by atoms with Crippen LogP contribution in [0.15, 0.2) is 73.1 Å². The first-order valence-electron chi connectivity index (χ1n) is 9.86. The van der Waals surface area contributed by atoms with Gasteiger partial charge in [-0.05, 0) is 40.2 Å². The summed E-state index contributed by atoms with van der Waals surface area (Å²) in [6.07, 6.45) is 3.83. The first-order valence-corrected chi connectivity index (χ1v) is 9.86. The van der Waals surface area contributed by atoms with Crippen LogP contribution in [0.4, 0.5) is 0 Å². The average molecular weight is 371 g/mol. The normalized spacial score (nSPS) is 11.9. The molecule has 0 fully saturated rings. The quantitative estimate of drug-likeness (QED) is 0.331. The fourth-order valence-corrected chi connectivity index (χ4v) is 3.19. The summed E-state index contributed by atoms with van der Waals surface area (Å²) in [4.78, 5) is 8.90. The van der Waals surface area contributed by atoms with Gasteiger partial charge in [0, 0.05) is 23.2 Å². The van der Waals surface area contributed by atoms with E-state index in [2.05, 4.69) is 94.0 Å². The molecule has 0 spiro atoms. The zero-order chi connectivity index (χ0) is 20.4. The maximum absolute atomic E-state index is 4.45. The summed E-state index contributed by atoms with van der Waals surface area (Å²) in [6.45, 7) is 13.3. The molecule has 4 aromatic rings. The van der Waals surface area contributed by atoms with Crippen LogP contribution in [-0.2, 0) is 10.8 Å². The first kappa shape index (κ1) is 20.0. The minimum atomic E-state index is 0.161. The van der Waals surface area contributed by atoms with Gasteiger partial charge in [-0.2, -0.15) is 0 Å². The maximum Gasteiger partial charge on any atom is 0.0739 e. The molecule has 0 atom stereocenters. The third kappa shape index (κ3) is 4.56. The number of nitrogens with zero attached hydrogens (tertiary/aromatic N) is 2. The molecule has 0 N–H and O–H groups in total.